The van der Waals surface area contributed by atoms with Crippen molar-refractivity contribution in [3.8, 4) is 11.5 Å². The Balaban J connectivity index is 2.24. The fourth-order valence-electron chi connectivity index (χ4n) is 1.69. The molecule has 2 aromatic carbocycles. The van der Waals surface area contributed by atoms with Crippen LogP contribution in [-0.4, -0.2) is 11.1 Å². The highest BCUT2D eigenvalue weighted by atomic mass is 35.5. The van der Waals surface area contributed by atoms with Crippen molar-refractivity contribution in [3.05, 3.63) is 64.4 Å². The highest BCUT2D eigenvalue weighted by molar-refractivity contribution is 6.32. The zero-order valence-electron chi connectivity index (χ0n) is 11.1. The third kappa shape index (κ3) is 3.83. The van der Waals surface area contributed by atoms with E-state index < -0.39 is 11.8 Å². The Kier molecular flexibility index (Phi) is 4.60. The Morgan fingerprint density at radius 2 is 2.10 bits per heavy atom. The Morgan fingerprint density at radius 1 is 1.33 bits per heavy atom. The molecule has 0 amide bonds. The number of carbonyl (C=O) groups is 1. The van der Waals surface area contributed by atoms with Crippen LogP contribution in [0.3, 0.4) is 0 Å². The van der Waals surface area contributed by atoms with Crippen LogP contribution in [0.1, 0.15) is 11.1 Å². The molecule has 3 nitrogen and oxygen atoms in total. The lowest BCUT2D eigenvalue weighted by atomic mass is 10.2. The number of ether oxygens (including phenoxy) is 1. The van der Waals surface area contributed by atoms with Gasteiger partial charge in [0, 0.05) is 12.1 Å². The zero-order chi connectivity index (χ0) is 15.4. The summed E-state index contributed by atoms with van der Waals surface area (Å²) in [5.74, 6) is -1.01. The summed E-state index contributed by atoms with van der Waals surface area (Å²) in [4.78, 5) is 10.5. The van der Waals surface area contributed by atoms with Crippen LogP contribution in [0, 0.1) is 12.7 Å². The standard InChI is InChI=1S/C16H12ClFO3/c1-10-3-2-4-14(16(10)18)21-12-7-5-11(13(17)9-12)6-8-15(19)20/h2-9H,1H3,(H,19,20)/b8-6+. The third-order valence-electron chi connectivity index (χ3n) is 2.76. The SMILES string of the molecule is Cc1cccc(Oc2ccc(/C=C/C(=O)O)c(Cl)c2)c1F. The number of aryl methyl sites for hydroxylation is 1. The minimum absolute atomic E-state index is 0.111. The fraction of sp³-hybridized carbons (Fsp3) is 0.0625. The molecule has 0 saturated heterocycles. The summed E-state index contributed by atoms with van der Waals surface area (Å²) in [6.45, 7) is 1.65. The summed E-state index contributed by atoms with van der Waals surface area (Å²) in [6.07, 6.45) is 2.36. The molecule has 1 N–H and O–H groups in total. The lowest BCUT2D eigenvalue weighted by molar-refractivity contribution is -0.131. The Labute approximate surface area is 126 Å². The number of rotatable bonds is 4. The second kappa shape index (κ2) is 6.41. The first-order valence-corrected chi connectivity index (χ1v) is 6.48. The predicted octanol–water partition coefficient (Wildman–Crippen LogP) is 4.68. The van der Waals surface area contributed by atoms with Gasteiger partial charge in [0.15, 0.2) is 11.6 Å². The number of benzene rings is 2. The van der Waals surface area contributed by atoms with E-state index in [0.717, 1.165) is 6.08 Å². The molecule has 0 aliphatic carbocycles. The topological polar surface area (TPSA) is 46.5 Å². The molecule has 0 radical (unpaired) electrons. The van der Waals surface area contributed by atoms with Crippen LogP contribution in [0.2, 0.25) is 5.02 Å². The summed E-state index contributed by atoms with van der Waals surface area (Å²) in [5, 5.41) is 8.89. The molecular weight excluding hydrogens is 295 g/mol. The highest BCUT2D eigenvalue weighted by Crippen LogP contribution is 2.29. The van der Waals surface area contributed by atoms with E-state index in [2.05, 4.69) is 0 Å². The van der Waals surface area contributed by atoms with Gasteiger partial charge in [0.05, 0.1) is 5.02 Å². The van der Waals surface area contributed by atoms with Crippen molar-refractivity contribution in [2.75, 3.05) is 0 Å². The van der Waals surface area contributed by atoms with E-state index in [9.17, 15) is 9.18 Å². The molecule has 0 aromatic heterocycles. The smallest absolute Gasteiger partial charge is 0.328 e. The van der Waals surface area contributed by atoms with Crippen molar-refractivity contribution in [2.24, 2.45) is 0 Å². The van der Waals surface area contributed by atoms with Crippen molar-refractivity contribution in [1.82, 2.24) is 0 Å². The summed E-state index contributed by atoms with van der Waals surface area (Å²) in [6, 6.07) is 9.56. The molecule has 0 atom stereocenters. The Morgan fingerprint density at radius 3 is 2.76 bits per heavy atom. The molecule has 2 aromatic rings. The van der Waals surface area contributed by atoms with Crippen molar-refractivity contribution < 1.29 is 19.0 Å². The number of halogens is 2. The maximum Gasteiger partial charge on any atom is 0.328 e. The van der Waals surface area contributed by atoms with Gasteiger partial charge in [-0.1, -0.05) is 23.7 Å². The number of hydrogen-bond acceptors (Lipinski definition) is 2. The number of aliphatic carboxylic acids is 1. The van der Waals surface area contributed by atoms with Gasteiger partial charge < -0.3 is 9.84 Å². The van der Waals surface area contributed by atoms with E-state index in [1.54, 1.807) is 31.2 Å². The van der Waals surface area contributed by atoms with Gasteiger partial charge in [-0.15, -0.1) is 0 Å². The number of carboxylic acids is 1. The minimum Gasteiger partial charge on any atom is -0.478 e. The molecule has 0 saturated carbocycles. The molecular formula is C16H12ClFO3. The minimum atomic E-state index is -1.06. The Hall–Kier alpha value is -2.33. The fourth-order valence-corrected chi connectivity index (χ4v) is 1.93. The van der Waals surface area contributed by atoms with Gasteiger partial charge in [-0.25, -0.2) is 9.18 Å². The van der Waals surface area contributed by atoms with E-state index in [1.807, 2.05) is 0 Å². The maximum atomic E-state index is 13.8. The molecule has 0 bridgehead atoms. The summed E-state index contributed by atoms with van der Waals surface area (Å²) >= 11 is 6.03. The van der Waals surface area contributed by atoms with Crippen LogP contribution in [0.4, 0.5) is 4.39 Å². The number of hydrogen-bond donors (Lipinski definition) is 1. The molecule has 5 heteroatoms. The monoisotopic (exact) mass is 306 g/mol. The Bertz CT molecular complexity index is 711. The molecule has 21 heavy (non-hydrogen) atoms. The van der Waals surface area contributed by atoms with Crippen molar-refractivity contribution in [3.63, 3.8) is 0 Å². The van der Waals surface area contributed by atoms with Gasteiger partial charge in [-0.2, -0.15) is 0 Å². The van der Waals surface area contributed by atoms with Gasteiger partial charge >= 0.3 is 5.97 Å². The van der Waals surface area contributed by atoms with Crippen LogP contribution in [0.15, 0.2) is 42.5 Å². The molecule has 108 valence electrons. The maximum absolute atomic E-state index is 13.8. The van der Waals surface area contributed by atoms with Gasteiger partial charge in [-0.05, 0) is 42.3 Å². The lowest BCUT2D eigenvalue weighted by Gasteiger charge is -2.09. The van der Waals surface area contributed by atoms with Crippen LogP contribution in [0.5, 0.6) is 11.5 Å². The van der Waals surface area contributed by atoms with Crippen LogP contribution >= 0.6 is 11.6 Å². The molecule has 0 aliphatic rings. The summed E-state index contributed by atoms with van der Waals surface area (Å²) < 4.78 is 19.3. The largest absolute Gasteiger partial charge is 0.478 e. The van der Waals surface area contributed by atoms with E-state index in [-0.39, 0.29) is 5.75 Å². The normalized spacial score (nSPS) is 10.8. The average molecular weight is 307 g/mol. The molecule has 2 rings (SSSR count). The van der Waals surface area contributed by atoms with Gasteiger partial charge in [0.25, 0.3) is 0 Å². The molecule has 0 spiro atoms. The quantitative estimate of drug-likeness (QED) is 0.834. The highest BCUT2D eigenvalue weighted by Gasteiger charge is 2.08. The average Bonchev–Trinajstić information content (AvgIpc) is 2.43. The van der Waals surface area contributed by atoms with E-state index in [4.69, 9.17) is 21.4 Å². The van der Waals surface area contributed by atoms with Gasteiger partial charge in [0.1, 0.15) is 5.75 Å². The first kappa shape index (κ1) is 15.1. The van der Waals surface area contributed by atoms with E-state index in [1.165, 1.54) is 18.2 Å². The predicted molar refractivity (Wildman–Crippen MR) is 79.3 cm³/mol. The molecule has 0 aliphatic heterocycles. The second-order valence-electron chi connectivity index (χ2n) is 4.34. The third-order valence-corrected chi connectivity index (χ3v) is 3.09. The first-order valence-electron chi connectivity index (χ1n) is 6.11. The van der Waals surface area contributed by atoms with Crippen molar-refractivity contribution >= 4 is 23.6 Å². The van der Waals surface area contributed by atoms with Gasteiger partial charge in [0.2, 0.25) is 0 Å². The van der Waals surface area contributed by atoms with Crippen molar-refractivity contribution in [2.45, 2.75) is 6.92 Å². The van der Waals surface area contributed by atoms with Crippen molar-refractivity contribution in [1.29, 1.82) is 0 Å². The first-order chi connectivity index (χ1) is 9.97. The van der Waals surface area contributed by atoms with E-state index in [0.29, 0.717) is 21.9 Å². The zero-order valence-corrected chi connectivity index (χ0v) is 11.9. The van der Waals surface area contributed by atoms with E-state index >= 15 is 0 Å². The summed E-state index contributed by atoms with van der Waals surface area (Å²) in [5.41, 5.74) is 1.02. The molecule has 0 heterocycles. The van der Waals surface area contributed by atoms with Gasteiger partial charge in [-0.3, -0.25) is 0 Å². The van der Waals surface area contributed by atoms with Crippen LogP contribution in [0.25, 0.3) is 6.08 Å². The molecule has 0 unspecified atom stereocenters. The lowest BCUT2D eigenvalue weighted by Crippen LogP contribution is -1.91. The van der Waals surface area contributed by atoms with Crippen LogP contribution < -0.4 is 4.74 Å². The van der Waals surface area contributed by atoms with Crippen LogP contribution in [-0.2, 0) is 4.79 Å². The number of carboxylic acid groups (broad SMARTS) is 1. The molecule has 0 fully saturated rings. The second-order valence-corrected chi connectivity index (χ2v) is 4.75. The summed E-state index contributed by atoms with van der Waals surface area (Å²) in [7, 11) is 0.